The van der Waals surface area contributed by atoms with Crippen LogP contribution in [0.15, 0.2) is 12.1 Å². The molecule has 0 saturated carbocycles. The molecule has 0 aliphatic rings. The summed E-state index contributed by atoms with van der Waals surface area (Å²) in [6.45, 7) is 2.40. The van der Waals surface area contributed by atoms with Crippen LogP contribution in [0, 0.1) is 11.6 Å². The highest BCUT2D eigenvalue weighted by atomic mass is 19.1. The summed E-state index contributed by atoms with van der Waals surface area (Å²) in [6.07, 6.45) is 0. The minimum atomic E-state index is -0.731. The van der Waals surface area contributed by atoms with Crippen molar-refractivity contribution in [3.8, 4) is 0 Å². The summed E-state index contributed by atoms with van der Waals surface area (Å²) in [5.41, 5.74) is 5.59. The van der Waals surface area contributed by atoms with Crippen molar-refractivity contribution in [1.29, 1.82) is 0 Å². The predicted molar refractivity (Wildman–Crippen MR) is 44.9 cm³/mol. The van der Waals surface area contributed by atoms with Crippen LogP contribution in [-0.4, -0.2) is 6.54 Å². The zero-order chi connectivity index (χ0) is 9.14. The Hall–Kier alpha value is -1.32. The maximum Gasteiger partial charge on any atom is 0.151 e. The van der Waals surface area contributed by atoms with E-state index >= 15 is 0 Å². The minimum Gasteiger partial charge on any atom is -0.395 e. The molecule has 0 spiro atoms. The zero-order valence-corrected chi connectivity index (χ0v) is 6.70. The average molecular weight is 172 g/mol. The highest BCUT2D eigenvalue weighted by Gasteiger charge is 2.06. The van der Waals surface area contributed by atoms with E-state index in [1.165, 1.54) is 6.07 Å². The quantitative estimate of drug-likeness (QED) is 0.669. The van der Waals surface area contributed by atoms with Gasteiger partial charge in [0, 0.05) is 12.6 Å². The summed E-state index contributed by atoms with van der Waals surface area (Å²) in [4.78, 5) is 0. The molecule has 0 aromatic heterocycles. The van der Waals surface area contributed by atoms with Crippen LogP contribution < -0.4 is 11.1 Å². The molecule has 4 heteroatoms. The maximum atomic E-state index is 12.8. The van der Waals surface area contributed by atoms with E-state index in [-0.39, 0.29) is 5.69 Å². The molecule has 1 aromatic rings. The molecule has 2 nitrogen and oxygen atoms in total. The van der Waals surface area contributed by atoms with Crippen molar-refractivity contribution in [1.82, 2.24) is 0 Å². The van der Waals surface area contributed by atoms with Gasteiger partial charge in [-0.25, -0.2) is 8.78 Å². The topological polar surface area (TPSA) is 38.0 Å². The molecule has 0 aliphatic heterocycles. The first-order valence-corrected chi connectivity index (χ1v) is 3.63. The van der Waals surface area contributed by atoms with Crippen LogP contribution in [0.25, 0.3) is 0 Å². The molecule has 0 saturated heterocycles. The van der Waals surface area contributed by atoms with Crippen LogP contribution in [0.4, 0.5) is 20.2 Å². The number of hydrogen-bond acceptors (Lipinski definition) is 2. The van der Waals surface area contributed by atoms with Crippen LogP contribution in [0.2, 0.25) is 0 Å². The fraction of sp³-hybridized carbons (Fsp3) is 0.250. The zero-order valence-electron chi connectivity index (χ0n) is 6.70. The third-order valence-corrected chi connectivity index (χ3v) is 1.46. The van der Waals surface area contributed by atoms with Gasteiger partial charge in [0.15, 0.2) is 5.82 Å². The van der Waals surface area contributed by atoms with Crippen molar-refractivity contribution in [2.45, 2.75) is 6.92 Å². The second-order valence-corrected chi connectivity index (χ2v) is 2.38. The highest BCUT2D eigenvalue weighted by molar-refractivity contribution is 5.66. The normalized spacial score (nSPS) is 9.92. The Morgan fingerprint density at radius 2 is 2.08 bits per heavy atom. The van der Waals surface area contributed by atoms with Gasteiger partial charge < -0.3 is 11.1 Å². The Morgan fingerprint density at radius 3 is 2.67 bits per heavy atom. The molecule has 3 N–H and O–H groups in total. The lowest BCUT2D eigenvalue weighted by atomic mass is 10.2. The summed E-state index contributed by atoms with van der Waals surface area (Å²) in [6, 6.07) is 1.93. The molecule has 66 valence electrons. The Bertz CT molecular complexity index is 287. The lowest BCUT2D eigenvalue weighted by Crippen LogP contribution is -2.03. The van der Waals surface area contributed by atoms with E-state index in [1.807, 2.05) is 6.92 Å². The van der Waals surface area contributed by atoms with Gasteiger partial charge in [-0.3, -0.25) is 0 Å². The molecule has 0 atom stereocenters. The van der Waals surface area contributed by atoms with Crippen LogP contribution in [0.1, 0.15) is 6.92 Å². The number of halogens is 2. The lowest BCUT2D eigenvalue weighted by Gasteiger charge is -2.07. The van der Waals surface area contributed by atoms with E-state index in [1.54, 1.807) is 0 Å². The van der Waals surface area contributed by atoms with E-state index in [2.05, 4.69) is 5.32 Å². The van der Waals surface area contributed by atoms with Crippen molar-refractivity contribution in [2.24, 2.45) is 0 Å². The molecule has 0 bridgehead atoms. The monoisotopic (exact) mass is 172 g/mol. The third kappa shape index (κ3) is 1.64. The summed E-state index contributed by atoms with van der Waals surface area (Å²) in [5.74, 6) is -1.36. The van der Waals surface area contributed by atoms with Crippen molar-refractivity contribution < 1.29 is 8.78 Å². The molecule has 0 unspecified atom stereocenters. The molecule has 0 aliphatic carbocycles. The van der Waals surface area contributed by atoms with Crippen molar-refractivity contribution in [3.05, 3.63) is 23.8 Å². The van der Waals surface area contributed by atoms with Crippen LogP contribution >= 0.6 is 0 Å². The van der Waals surface area contributed by atoms with E-state index < -0.39 is 11.6 Å². The van der Waals surface area contributed by atoms with E-state index in [0.717, 1.165) is 6.07 Å². The van der Waals surface area contributed by atoms with Gasteiger partial charge >= 0.3 is 0 Å². The molecule has 0 heterocycles. The number of rotatable bonds is 2. The van der Waals surface area contributed by atoms with Crippen LogP contribution in [0.5, 0.6) is 0 Å². The van der Waals surface area contributed by atoms with Crippen molar-refractivity contribution in [3.63, 3.8) is 0 Å². The molecule has 12 heavy (non-hydrogen) atoms. The van der Waals surface area contributed by atoms with Gasteiger partial charge in [-0.2, -0.15) is 0 Å². The first-order chi connectivity index (χ1) is 5.65. The maximum absolute atomic E-state index is 12.8. The Labute approximate surface area is 69.4 Å². The second kappa shape index (κ2) is 3.38. The Morgan fingerprint density at radius 1 is 1.42 bits per heavy atom. The van der Waals surface area contributed by atoms with Gasteiger partial charge in [0.1, 0.15) is 5.82 Å². The van der Waals surface area contributed by atoms with Crippen LogP contribution in [-0.2, 0) is 0 Å². The Kier molecular flexibility index (Phi) is 2.47. The molecule has 0 fully saturated rings. The number of nitrogens with two attached hydrogens (primary N) is 1. The standard InChI is InChI=1S/C8H10F2N2/c1-2-12-7-4-5(9)3-6(10)8(7)11/h3-4,12H,2,11H2,1H3. The lowest BCUT2D eigenvalue weighted by molar-refractivity contribution is 0.587. The SMILES string of the molecule is CCNc1cc(F)cc(F)c1N. The molecule has 1 aromatic carbocycles. The van der Waals surface area contributed by atoms with Crippen LogP contribution in [0.3, 0.4) is 0 Å². The molecular weight excluding hydrogens is 162 g/mol. The van der Waals surface area contributed by atoms with E-state index in [4.69, 9.17) is 5.73 Å². The Balaban J connectivity index is 3.09. The van der Waals surface area contributed by atoms with Gasteiger partial charge in [0.05, 0.1) is 11.4 Å². The fourth-order valence-corrected chi connectivity index (χ4v) is 0.921. The minimum absolute atomic E-state index is 0.0433. The number of anilines is 2. The van der Waals surface area contributed by atoms with Gasteiger partial charge in [-0.05, 0) is 13.0 Å². The molecule has 0 amide bonds. The highest BCUT2D eigenvalue weighted by Crippen LogP contribution is 2.22. The van der Waals surface area contributed by atoms with Crippen molar-refractivity contribution >= 4 is 11.4 Å². The average Bonchev–Trinajstić information content (AvgIpc) is 2.00. The number of nitrogen functional groups attached to an aromatic ring is 1. The number of nitrogens with one attached hydrogen (secondary N) is 1. The third-order valence-electron chi connectivity index (χ3n) is 1.46. The van der Waals surface area contributed by atoms with Gasteiger partial charge in [-0.1, -0.05) is 0 Å². The summed E-state index contributed by atoms with van der Waals surface area (Å²) in [5, 5.41) is 2.75. The molecular formula is C8H10F2N2. The van der Waals surface area contributed by atoms with E-state index in [0.29, 0.717) is 12.2 Å². The number of hydrogen-bond donors (Lipinski definition) is 2. The summed E-state index contributed by atoms with van der Waals surface area (Å²) < 4.78 is 25.4. The van der Waals surface area contributed by atoms with Gasteiger partial charge in [0.2, 0.25) is 0 Å². The number of benzene rings is 1. The van der Waals surface area contributed by atoms with Gasteiger partial charge in [0.25, 0.3) is 0 Å². The first-order valence-electron chi connectivity index (χ1n) is 3.63. The van der Waals surface area contributed by atoms with Crippen molar-refractivity contribution in [2.75, 3.05) is 17.6 Å². The largest absolute Gasteiger partial charge is 0.395 e. The summed E-state index contributed by atoms with van der Waals surface area (Å²) >= 11 is 0. The summed E-state index contributed by atoms with van der Waals surface area (Å²) in [7, 11) is 0. The molecule has 0 radical (unpaired) electrons. The van der Waals surface area contributed by atoms with E-state index in [9.17, 15) is 8.78 Å². The predicted octanol–water partition coefficient (Wildman–Crippen LogP) is 1.98. The van der Waals surface area contributed by atoms with Gasteiger partial charge in [-0.15, -0.1) is 0 Å². The molecule has 1 rings (SSSR count). The first kappa shape index (κ1) is 8.77. The smallest absolute Gasteiger partial charge is 0.151 e. The fourth-order valence-electron chi connectivity index (χ4n) is 0.921. The second-order valence-electron chi connectivity index (χ2n) is 2.38.